The highest BCUT2D eigenvalue weighted by atomic mass is 16.1. The van der Waals surface area contributed by atoms with E-state index in [9.17, 15) is 4.79 Å². The topological polar surface area (TPSA) is 17.1 Å². The van der Waals surface area contributed by atoms with Gasteiger partial charge in [0.05, 0.1) is 0 Å². The predicted octanol–water partition coefficient (Wildman–Crippen LogP) is 2.61. The molecule has 1 nitrogen and oxygen atoms in total. The summed E-state index contributed by atoms with van der Waals surface area (Å²) in [5, 5.41) is 0. The summed E-state index contributed by atoms with van der Waals surface area (Å²) in [7, 11) is 0. The average molecular weight is 172 g/mol. The molecule has 1 aromatic carbocycles. The standard InChI is InChI=1S/C12H12O/c13-9-11-7-2-1-5-10-6-3-4-8-12(10)11/h3-4,6-9H,1-2,5H2. The molecule has 0 N–H and O–H groups in total. The first-order valence-corrected chi connectivity index (χ1v) is 4.65. The van der Waals surface area contributed by atoms with Crippen molar-refractivity contribution >= 4 is 11.9 Å². The molecule has 0 unspecified atom stereocenters. The molecule has 13 heavy (non-hydrogen) atoms. The van der Waals surface area contributed by atoms with Crippen LogP contribution < -0.4 is 0 Å². The smallest absolute Gasteiger partial charge is 0.150 e. The third kappa shape index (κ3) is 1.55. The van der Waals surface area contributed by atoms with Crippen molar-refractivity contribution in [2.45, 2.75) is 19.3 Å². The summed E-state index contributed by atoms with van der Waals surface area (Å²) in [5.74, 6) is 0. The second kappa shape index (κ2) is 3.56. The third-order valence-electron chi connectivity index (χ3n) is 2.47. The fourth-order valence-electron chi connectivity index (χ4n) is 1.79. The molecule has 1 heteroatoms. The fourth-order valence-corrected chi connectivity index (χ4v) is 1.79. The second-order valence-corrected chi connectivity index (χ2v) is 3.33. The molecule has 0 heterocycles. The molecule has 1 aliphatic carbocycles. The van der Waals surface area contributed by atoms with Crippen LogP contribution in [0.5, 0.6) is 0 Å². The van der Waals surface area contributed by atoms with E-state index in [4.69, 9.17) is 0 Å². The van der Waals surface area contributed by atoms with Gasteiger partial charge in [-0.3, -0.25) is 4.79 Å². The number of hydrogen-bond acceptors (Lipinski definition) is 1. The van der Waals surface area contributed by atoms with Crippen LogP contribution in [-0.2, 0) is 11.2 Å². The highest BCUT2D eigenvalue weighted by molar-refractivity contribution is 6.07. The van der Waals surface area contributed by atoms with Gasteiger partial charge in [0.1, 0.15) is 6.29 Å². The van der Waals surface area contributed by atoms with Crippen molar-refractivity contribution in [3.8, 4) is 0 Å². The van der Waals surface area contributed by atoms with Crippen LogP contribution in [0.3, 0.4) is 0 Å². The Morgan fingerprint density at radius 2 is 2.08 bits per heavy atom. The number of aryl methyl sites for hydroxylation is 1. The first-order chi connectivity index (χ1) is 6.42. The molecular formula is C12H12O. The summed E-state index contributed by atoms with van der Waals surface area (Å²) >= 11 is 0. The van der Waals surface area contributed by atoms with Gasteiger partial charge in [0, 0.05) is 5.57 Å². The normalized spacial score (nSPS) is 15.5. The van der Waals surface area contributed by atoms with Crippen LogP contribution >= 0.6 is 0 Å². The average Bonchev–Trinajstić information content (AvgIpc) is 2.39. The molecule has 0 atom stereocenters. The number of aldehydes is 1. The number of benzene rings is 1. The zero-order chi connectivity index (χ0) is 9.10. The molecule has 0 amide bonds. The molecule has 0 aromatic heterocycles. The molecule has 0 spiro atoms. The Morgan fingerprint density at radius 1 is 1.23 bits per heavy atom. The zero-order valence-corrected chi connectivity index (χ0v) is 7.49. The lowest BCUT2D eigenvalue weighted by Gasteiger charge is -2.04. The van der Waals surface area contributed by atoms with E-state index in [1.165, 1.54) is 5.56 Å². The molecule has 0 bridgehead atoms. The van der Waals surface area contributed by atoms with Gasteiger partial charge in [-0.05, 0) is 30.4 Å². The molecule has 0 aliphatic heterocycles. The SMILES string of the molecule is O=CC1=CCCCc2ccccc21. The molecule has 2 rings (SSSR count). The van der Waals surface area contributed by atoms with Crippen LogP contribution in [0.2, 0.25) is 0 Å². The summed E-state index contributed by atoms with van der Waals surface area (Å²) in [6.07, 6.45) is 6.25. The van der Waals surface area contributed by atoms with Crippen LogP contribution in [0.4, 0.5) is 0 Å². The van der Waals surface area contributed by atoms with Crippen molar-refractivity contribution in [1.82, 2.24) is 0 Å². The molecule has 66 valence electrons. The highest BCUT2D eigenvalue weighted by Crippen LogP contribution is 2.23. The van der Waals surface area contributed by atoms with Crippen molar-refractivity contribution in [2.24, 2.45) is 0 Å². The van der Waals surface area contributed by atoms with E-state index in [1.807, 2.05) is 24.3 Å². The Morgan fingerprint density at radius 3 is 2.92 bits per heavy atom. The van der Waals surface area contributed by atoms with Crippen LogP contribution in [-0.4, -0.2) is 6.29 Å². The Bertz CT molecular complexity index is 350. The molecular weight excluding hydrogens is 160 g/mol. The van der Waals surface area contributed by atoms with Crippen molar-refractivity contribution in [2.75, 3.05) is 0 Å². The number of fused-ring (bicyclic) bond motifs is 1. The largest absolute Gasteiger partial charge is 0.298 e. The Kier molecular flexibility index (Phi) is 2.26. The summed E-state index contributed by atoms with van der Waals surface area (Å²) in [6, 6.07) is 8.16. The molecule has 0 saturated heterocycles. The van der Waals surface area contributed by atoms with Gasteiger partial charge in [0.25, 0.3) is 0 Å². The Hall–Kier alpha value is -1.37. The molecule has 1 aromatic rings. The lowest BCUT2D eigenvalue weighted by Crippen LogP contribution is -1.91. The maximum Gasteiger partial charge on any atom is 0.150 e. The van der Waals surface area contributed by atoms with E-state index < -0.39 is 0 Å². The van der Waals surface area contributed by atoms with Crippen molar-refractivity contribution in [3.63, 3.8) is 0 Å². The van der Waals surface area contributed by atoms with Gasteiger partial charge >= 0.3 is 0 Å². The van der Waals surface area contributed by atoms with Crippen LogP contribution in [0.15, 0.2) is 30.3 Å². The molecule has 0 saturated carbocycles. The highest BCUT2D eigenvalue weighted by Gasteiger charge is 2.08. The van der Waals surface area contributed by atoms with E-state index in [-0.39, 0.29) is 0 Å². The molecule has 1 aliphatic rings. The predicted molar refractivity (Wildman–Crippen MR) is 53.4 cm³/mol. The summed E-state index contributed by atoms with van der Waals surface area (Å²) < 4.78 is 0. The number of carbonyl (C=O) groups excluding carboxylic acids is 1. The Balaban J connectivity index is 2.53. The van der Waals surface area contributed by atoms with Gasteiger partial charge in [-0.15, -0.1) is 0 Å². The van der Waals surface area contributed by atoms with E-state index in [0.717, 1.165) is 36.7 Å². The lowest BCUT2D eigenvalue weighted by molar-refractivity contribution is -0.103. The van der Waals surface area contributed by atoms with E-state index >= 15 is 0 Å². The van der Waals surface area contributed by atoms with E-state index in [1.54, 1.807) is 0 Å². The summed E-state index contributed by atoms with van der Waals surface area (Å²) in [4.78, 5) is 10.8. The van der Waals surface area contributed by atoms with Crippen molar-refractivity contribution in [1.29, 1.82) is 0 Å². The number of allylic oxidation sites excluding steroid dienone is 2. The van der Waals surface area contributed by atoms with E-state index in [0.29, 0.717) is 0 Å². The maximum atomic E-state index is 10.8. The van der Waals surface area contributed by atoms with Gasteiger partial charge in [-0.25, -0.2) is 0 Å². The fraction of sp³-hybridized carbons (Fsp3) is 0.250. The number of carbonyl (C=O) groups is 1. The summed E-state index contributed by atoms with van der Waals surface area (Å²) in [6.45, 7) is 0. The Labute approximate surface area is 78.1 Å². The third-order valence-corrected chi connectivity index (χ3v) is 2.47. The second-order valence-electron chi connectivity index (χ2n) is 3.33. The van der Waals surface area contributed by atoms with Gasteiger partial charge in [0.2, 0.25) is 0 Å². The number of rotatable bonds is 1. The zero-order valence-electron chi connectivity index (χ0n) is 7.49. The van der Waals surface area contributed by atoms with E-state index in [2.05, 4.69) is 6.07 Å². The maximum absolute atomic E-state index is 10.8. The minimum atomic E-state index is 0.855. The lowest BCUT2D eigenvalue weighted by atomic mass is 10.0. The molecule has 0 fully saturated rings. The van der Waals surface area contributed by atoms with Gasteiger partial charge in [0.15, 0.2) is 0 Å². The minimum absolute atomic E-state index is 0.855. The van der Waals surface area contributed by atoms with Gasteiger partial charge in [-0.1, -0.05) is 30.3 Å². The first-order valence-electron chi connectivity index (χ1n) is 4.65. The monoisotopic (exact) mass is 172 g/mol. The van der Waals surface area contributed by atoms with Gasteiger partial charge < -0.3 is 0 Å². The van der Waals surface area contributed by atoms with Crippen LogP contribution in [0.1, 0.15) is 24.0 Å². The molecule has 0 radical (unpaired) electrons. The van der Waals surface area contributed by atoms with Crippen molar-refractivity contribution < 1.29 is 4.79 Å². The first kappa shape index (κ1) is 8.24. The van der Waals surface area contributed by atoms with Gasteiger partial charge in [-0.2, -0.15) is 0 Å². The van der Waals surface area contributed by atoms with Crippen LogP contribution in [0.25, 0.3) is 5.57 Å². The van der Waals surface area contributed by atoms with Crippen molar-refractivity contribution in [3.05, 3.63) is 41.5 Å². The summed E-state index contributed by atoms with van der Waals surface area (Å²) in [5.41, 5.74) is 3.28. The van der Waals surface area contributed by atoms with Crippen LogP contribution in [0, 0.1) is 0 Å². The minimum Gasteiger partial charge on any atom is -0.298 e. The quantitative estimate of drug-likeness (QED) is 0.595. The number of hydrogen-bond donors (Lipinski definition) is 0.